The molecule has 3 N–H and O–H groups in total. The summed E-state index contributed by atoms with van der Waals surface area (Å²) < 4.78 is 16.2. The Morgan fingerprint density at radius 2 is 2.53 bits per heavy atom. The fourth-order valence-electron chi connectivity index (χ4n) is 1.75. The van der Waals surface area contributed by atoms with E-state index >= 15 is 0 Å². The summed E-state index contributed by atoms with van der Waals surface area (Å²) in [5.74, 6) is 5.46. The van der Waals surface area contributed by atoms with E-state index in [-0.39, 0.29) is 11.9 Å². The summed E-state index contributed by atoms with van der Waals surface area (Å²) in [7, 11) is 0. The number of aryl methyl sites for hydroxylation is 1. The molecule has 1 aromatic rings. The molecule has 2 rings (SSSR count). The normalized spacial score (nSPS) is 19.5. The molecule has 6 heteroatoms. The number of furan rings is 1. The van der Waals surface area contributed by atoms with Crippen LogP contribution < -0.4 is 11.3 Å². The van der Waals surface area contributed by atoms with Crippen molar-refractivity contribution < 1.29 is 18.7 Å². The van der Waals surface area contributed by atoms with E-state index in [1.807, 2.05) is 5.43 Å². The highest BCUT2D eigenvalue weighted by Gasteiger charge is 2.18. The second kappa shape index (κ2) is 5.31. The molecule has 0 bridgehead atoms. The third-order valence-electron chi connectivity index (χ3n) is 2.66. The number of hydrogen-bond donors (Lipinski definition) is 2. The summed E-state index contributed by atoms with van der Waals surface area (Å²) in [5, 5.41) is 0. The molecule has 6 nitrogen and oxygen atoms in total. The molecule has 94 valence electrons. The van der Waals surface area contributed by atoms with Crippen LogP contribution in [0, 0.1) is 6.92 Å². The van der Waals surface area contributed by atoms with Crippen LogP contribution in [0.15, 0.2) is 10.5 Å². The summed E-state index contributed by atoms with van der Waals surface area (Å²) in [5.41, 5.74) is 2.78. The molecule has 1 fully saturated rings. The van der Waals surface area contributed by atoms with E-state index in [4.69, 9.17) is 19.7 Å². The lowest BCUT2D eigenvalue weighted by Gasteiger charge is -2.07. The average Bonchev–Trinajstić information content (AvgIpc) is 2.94. The minimum Gasteiger partial charge on any atom is -0.453 e. The molecule has 1 aliphatic rings. The van der Waals surface area contributed by atoms with Gasteiger partial charge < -0.3 is 13.9 Å². The van der Waals surface area contributed by atoms with Crippen molar-refractivity contribution in [1.29, 1.82) is 0 Å². The van der Waals surface area contributed by atoms with Crippen LogP contribution in [0.4, 0.5) is 0 Å². The van der Waals surface area contributed by atoms with Crippen LogP contribution in [0.2, 0.25) is 0 Å². The largest absolute Gasteiger partial charge is 0.453 e. The number of amides is 1. The number of rotatable bonds is 4. The minimum atomic E-state index is -0.432. The van der Waals surface area contributed by atoms with E-state index in [2.05, 4.69) is 0 Å². The van der Waals surface area contributed by atoms with Gasteiger partial charge in [0.25, 0.3) is 0 Å². The van der Waals surface area contributed by atoms with Gasteiger partial charge in [0.05, 0.1) is 12.7 Å². The number of hydrogen-bond acceptors (Lipinski definition) is 5. The Morgan fingerprint density at radius 3 is 3.18 bits per heavy atom. The Bertz CT molecular complexity index is 396. The van der Waals surface area contributed by atoms with E-state index in [9.17, 15) is 4.79 Å². The van der Waals surface area contributed by atoms with Crippen LogP contribution in [0.1, 0.15) is 28.3 Å². The van der Waals surface area contributed by atoms with Crippen molar-refractivity contribution in [2.75, 3.05) is 13.2 Å². The Labute approximate surface area is 99.0 Å². The molecular weight excluding hydrogens is 224 g/mol. The van der Waals surface area contributed by atoms with Gasteiger partial charge in [-0.05, 0) is 19.4 Å². The zero-order valence-corrected chi connectivity index (χ0v) is 9.69. The fraction of sp³-hybridized carbons (Fsp3) is 0.545. The standard InChI is InChI=1S/C11H16N2O4/c1-7-4-9(17-10(7)11(14)13-12)6-16-8-2-3-15-5-8/h4,8H,2-3,5-6,12H2,1H3,(H,13,14). The SMILES string of the molecule is Cc1cc(COC2CCOC2)oc1C(=O)NN. The third kappa shape index (κ3) is 2.85. The molecule has 1 amide bonds. The molecule has 0 saturated carbocycles. The van der Waals surface area contributed by atoms with Gasteiger partial charge in [0.1, 0.15) is 12.4 Å². The first-order valence-corrected chi connectivity index (χ1v) is 5.50. The molecule has 17 heavy (non-hydrogen) atoms. The molecule has 1 unspecified atom stereocenters. The lowest BCUT2D eigenvalue weighted by molar-refractivity contribution is 0.0230. The zero-order valence-electron chi connectivity index (χ0n) is 9.69. The number of hydrazine groups is 1. The quantitative estimate of drug-likeness (QED) is 0.454. The van der Waals surface area contributed by atoms with Crippen LogP contribution in [0.5, 0.6) is 0 Å². The maximum atomic E-state index is 11.3. The highest BCUT2D eigenvalue weighted by molar-refractivity contribution is 5.92. The predicted molar refractivity (Wildman–Crippen MR) is 59.1 cm³/mol. The molecule has 2 heterocycles. The smallest absolute Gasteiger partial charge is 0.301 e. The first-order chi connectivity index (χ1) is 8.20. The third-order valence-corrected chi connectivity index (χ3v) is 2.66. The minimum absolute atomic E-state index is 0.118. The fourth-order valence-corrected chi connectivity index (χ4v) is 1.75. The molecule has 1 saturated heterocycles. The molecule has 0 aromatic carbocycles. The number of nitrogen functional groups attached to an aromatic ring is 1. The highest BCUT2D eigenvalue weighted by Crippen LogP contribution is 2.17. The molecule has 0 radical (unpaired) electrons. The second-order valence-electron chi connectivity index (χ2n) is 3.99. The van der Waals surface area contributed by atoms with Crippen molar-refractivity contribution in [2.24, 2.45) is 5.84 Å². The monoisotopic (exact) mass is 240 g/mol. The van der Waals surface area contributed by atoms with Crippen LogP contribution in [0.3, 0.4) is 0 Å². The summed E-state index contributed by atoms with van der Waals surface area (Å²) >= 11 is 0. The number of carbonyl (C=O) groups excluding carboxylic acids is 1. The topological polar surface area (TPSA) is 86.7 Å². The van der Waals surface area contributed by atoms with E-state index in [1.165, 1.54) is 0 Å². The lowest BCUT2D eigenvalue weighted by atomic mass is 10.2. The number of nitrogens with two attached hydrogens (primary N) is 1. The van der Waals surface area contributed by atoms with Gasteiger partial charge in [0, 0.05) is 12.2 Å². The first kappa shape index (κ1) is 12.1. The van der Waals surface area contributed by atoms with Crippen LogP contribution >= 0.6 is 0 Å². The van der Waals surface area contributed by atoms with Crippen LogP contribution in [-0.2, 0) is 16.1 Å². The molecule has 1 atom stereocenters. The summed E-state index contributed by atoms with van der Waals surface area (Å²) in [4.78, 5) is 11.3. The van der Waals surface area contributed by atoms with Gasteiger partial charge >= 0.3 is 5.91 Å². The summed E-state index contributed by atoms with van der Waals surface area (Å²) in [6, 6.07) is 1.78. The van der Waals surface area contributed by atoms with Crippen molar-refractivity contribution >= 4 is 5.91 Å². The summed E-state index contributed by atoms with van der Waals surface area (Å²) in [6.07, 6.45) is 1.02. The van der Waals surface area contributed by atoms with Crippen LogP contribution in [0.25, 0.3) is 0 Å². The van der Waals surface area contributed by atoms with Gasteiger partial charge in [-0.1, -0.05) is 0 Å². The Morgan fingerprint density at radius 1 is 1.71 bits per heavy atom. The van der Waals surface area contributed by atoms with Crippen molar-refractivity contribution in [3.05, 3.63) is 23.2 Å². The maximum Gasteiger partial charge on any atom is 0.301 e. The maximum absolute atomic E-state index is 11.3. The molecule has 0 spiro atoms. The Hall–Kier alpha value is -1.37. The highest BCUT2D eigenvalue weighted by atomic mass is 16.5. The lowest BCUT2D eigenvalue weighted by Crippen LogP contribution is -2.30. The zero-order chi connectivity index (χ0) is 12.3. The Kier molecular flexibility index (Phi) is 3.78. The number of nitrogens with one attached hydrogen (secondary N) is 1. The van der Waals surface area contributed by atoms with E-state index in [0.29, 0.717) is 19.0 Å². The van der Waals surface area contributed by atoms with Crippen molar-refractivity contribution in [2.45, 2.75) is 26.1 Å². The van der Waals surface area contributed by atoms with E-state index < -0.39 is 5.91 Å². The average molecular weight is 240 g/mol. The van der Waals surface area contributed by atoms with Crippen molar-refractivity contribution in [3.8, 4) is 0 Å². The first-order valence-electron chi connectivity index (χ1n) is 5.50. The molecule has 0 aliphatic carbocycles. The molecular formula is C11H16N2O4. The van der Waals surface area contributed by atoms with Gasteiger partial charge in [-0.3, -0.25) is 10.2 Å². The summed E-state index contributed by atoms with van der Waals surface area (Å²) in [6.45, 7) is 3.49. The number of ether oxygens (including phenoxy) is 2. The molecule has 1 aliphatic heterocycles. The van der Waals surface area contributed by atoms with Crippen molar-refractivity contribution in [1.82, 2.24) is 5.43 Å². The van der Waals surface area contributed by atoms with E-state index in [1.54, 1.807) is 13.0 Å². The van der Waals surface area contributed by atoms with Gasteiger partial charge in [0.15, 0.2) is 5.76 Å². The number of carbonyl (C=O) groups is 1. The molecule has 1 aromatic heterocycles. The van der Waals surface area contributed by atoms with E-state index in [0.717, 1.165) is 18.6 Å². The van der Waals surface area contributed by atoms with Gasteiger partial charge in [-0.25, -0.2) is 5.84 Å². The predicted octanol–water partition coefficient (Wildman–Crippen LogP) is 0.497. The van der Waals surface area contributed by atoms with Gasteiger partial charge in [-0.2, -0.15) is 0 Å². The Balaban J connectivity index is 1.94. The second-order valence-corrected chi connectivity index (χ2v) is 3.99. The van der Waals surface area contributed by atoms with Crippen molar-refractivity contribution in [3.63, 3.8) is 0 Å². The van der Waals surface area contributed by atoms with Gasteiger partial charge in [0.2, 0.25) is 0 Å². The van der Waals surface area contributed by atoms with Gasteiger partial charge in [-0.15, -0.1) is 0 Å². The van der Waals surface area contributed by atoms with Crippen LogP contribution in [-0.4, -0.2) is 25.2 Å².